The number of likely N-dealkylation sites (tertiary alicyclic amines) is 1. The third kappa shape index (κ3) is 3.26. The van der Waals surface area contributed by atoms with Crippen LogP contribution in [0.5, 0.6) is 5.75 Å². The molecule has 1 saturated heterocycles. The predicted molar refractivity (Wildman–Crippen MR) is 76.2 cm³/mol. The van der Waals surface area contributed by atoms with Gasteiger partial charge in [-0.25, -0.2) is 0 Å². The van der Waals surface area contributed by atoms with Crippen LogP contribution >= 0.6 is 0 Å². The summed E-state index contributed by atoms with van der Waals surface area (Å²) in [5.41, 5.74) is 7.15. The standard InChI is InChI=1S/C15H24N2O2/c1-19-15-5-3-2-4-13(15)14(10-16)17-8-6-12(11-17)7-9-18/h2-5,12,14,18H,6-11,16H2,1H3. The lowest BCUT2D eigenvalue weighted by molar-refractivity contribution is 0.219. The van der Waals surface area contributed by atoms with Gasteiger partial charge in [0.2, 0.25) is 0 Å². The fourth-order valence-corrected chi connectivity index (χ4v) is 2.98. The van der Waals surface area contributed by atoms with Gasteiger partial charge in [0.05, 0.1) is 13.2 Å². The van der Waals surface area contributed by atoms with E-state index in [0.717, 1.165) is 37.2 Å². The summed E-state index contributed by atoms with van der Waals surface area (Å²) in [5.74, 6) is 1.50. The highest BCUT2D eigenvalue weighted by molar-refractivity contribution is 5.36. The highest BCUT2D eigenvalue weighted by atomic mass is 16.5. The summed E-state index contributed by atoms with van der Waals surface area (Å²) in [6, 6.07) is 8.30. The van der Waals surface area contributed by atoms with Crippen molar-refractivity contribution in [3.8, 4) is 5.75 Å². The molecule has 0 radical (unpaired) electrons. The quantitative estimate of drug-likeness (QED) is 0.815. The predicted octanol–water partition coefficient (Wildman–Crippen LogP) is 1.40. The molecule has 0 amide bonds. The van der Waals surface area contributed by atoms with E-state index in [2.05, 4.69) is 11.0 Å². The summed E-state index contributed by atoms with van der Waals surface area (Å²) in [6.07, 6.45) is 2.03. The molecule has 1 aliphatic heterocycles. The number of rotatable bonds is 6. The van der Waals surface area contributed by atoms with Gasteiger partial charge in [-0.2, -0.15) is 0 Å². The molecule has 4 nitrogen and oxygen atoms in total. The molecule has 0 aliphatic carbocycles. The number of aliphatic hydroxyl groups excluding tert-OH is 1. The summed E-state index contributed by atoms with van der Waals surface area (Å²) in [7, 11) is 1.70. The van der Waals surface area contributed by atoms with Gasteiger partial charge >= 0.3 is 0 Å². The van der Waals surface area contributed by atoms with Crippen LogP contribution in [-0.4, -0.2) is 43.4 Å². The fourth-order valence-electron chi connectivity index (χ4n) is 2.98. The third-order valence-electron chi connectivity index (χ3n) is 4.02. The van der Waals surface area contributed by atoms with Crippen molar-refractivity contribution in [3.63, 3.8) is 0 Å². The Morgan fingerprint density at radius 3 is 2.95 bits per heavy atom. The van der Waals surface area contributed by atoms with Gasteiger partial charge in [0.25, 0.3) is 0 Å². The van der Waals surface area contributed by atoms with E-state index in [-0.39, 0.29) is 12.6 Å². The maximum atomic E-state index is 9.04. The van der Waals surface area contributed by atoms with Crippen molar-refractivity contribution in [2.24, 2.45) is 11.7 Å². The lowest BCUT2D eigenvalue weighted by atomic mass is 10.0. The van der Waals surface area contributed by atoms with E-state index >= 15 is 0 Å². The largest absolute Gasteiger partial charge is 0.496 e. The summed E-state index contributed by atoms with van der Waals surface area (Å²) in [5, 5.41) is 9.04. The molecule has 2 unspecified atom stereocenters. The van der Waals surface area contributed by atoms with Crippen LogP contribution < -0.4 is 10.5 Å². The number of methoxy groups -OCH3 is 1. The second-order valence-electron chi connectivity index (χ2n) is 5.16. The number of hydrogen-bond acceptors (Lipinski definition) is 4. The Labute approximate surface area is 115 Å². The molecule has 1 fully saturated rings. The van der Waals surface area contributed by atoms with Gasteiger partial charge in [-0.1, -0.05) is 18.2 Å². The van der Waals surface area contributed by atoms with E-state index in [4.69, 9.17) is 15.6 Å². The summed E-state index contributed by atoms with van der Waals surface area (Å²) in [6.45, 7) is 2.93. The van der Waals surface area contributed by atoms with Gasteiger partial charge in [0, 0.05) is 25.3 Å². The molecular formula is C15H24N2O2. The molecule has 2 rings (SSSR count). The van der Waals surface area contributed by atoms with E-state index in [1.807, 2.05) is 18.2 Å². The molecule has 1 heterocycles. The molecular weight excluding hydrogens is 240 g/mol. The highest BCUT2D eigenvalue weighted by Gasteiger charge is 2.29. The van der Waals surface area contributed by atoms with E-state index in [1.54, 1.807) is 7.11 Å². The van der Waals surface area contributed by atoms with Crippen molar-refractivity contribution in [1.29, 1.82) is 0 Å². The Balaban J connectivity index is 2.12. The minimum Gasteiger partial charge on any atom is -0.496 e. The third-order valence-corrected chi connectivity index (χ3v) is 4.02. The minimum absolute atomic E-state index is 0.208. The van der Waals surface area contributed by atoms with Crippen LogP contribution in [0.4, 0.5) is 0 Å². The van der Waals surface area contributed by atoms with E-state index < -0.39 is 0 Å². The number of aliphatic hydroxyl groups is 1. The van der Waals surface area contributed by atoms with Gasteiger partial charge in [-0.15, -0.1) is 0 Å². The van der Waals surface area contributed by atoms with Crippen LogP contribution in [0.1, 0.15) is 24.4 Å². The summed E-state index contributed by atoms with van der Waals surface area (Å²) < 4.78 is 5.44. The van der Waals surface area contributed by atoms with Gasteiger partial charge in [-0.3, -0.25) is 4.90 Å². The second-order valence-corrected chi connectivity index (χ2v) is 5.16. The number of ether oxygens (including phenoxy) is 1. The molecule has 1 aromatic carbocycles. The Morgan fingerprint density at radius 1 is 1.47 bits per heavy atom. The summed E-state index contributed by atoms with van der Waals surface area (Å²) in [4.78, 5) is 2.41. The monoisotopic (exact) mass is 264 g/mol. The SMILES string of the molecule is COc1ccccc1C(CN)N1CCC(CCO)C1. The second kappa shape index (κ2) is 6.89. The molecule has 1 aliphatic rings. The lowest BCUT2D eigenvalue weighted by Gasteiger charge is -2.28. The van der Waals surface area contributed by atoms with E-state index in [1.165, 1.54) is 0 Å². The van der Waals surface area contributed by atoms with Gasteiger partial charge in [0.15, 0.2) is 0 Å². The van der Waals surface area contributed by atoms with Crippen LogP contribution in [0.2, 0.25) is 0 Å². The topological polar surface area (TPSA) is 58.7 Å². The van der Waals surface area contributed by atoms with Crippen molar-refractivity contribution in [3.05, 3.63) is 29.8 Å². The molecule has 2 atom stereocenters. The Morgan fingerprint density at radius 2 is 2.26 bits per heavy atom. The summed E-state index contributed by atoms with van der Waals surface area (Å²) >= 11 is 0. The van der Waals surface area contributed by atoms with Crippen LogP contribution in [0.15, 0.2) is 24.3 Å². The zero-order valence-corrected chi connectivity index (χ0v) is 11.6. The molecule has 0 saturated carbocycles. The maximum absolute atomic E-state index is 9.04. The van der Waals surface area contributed by atoms with Crippen LogP contribution in [0.3, 0.4) is 0 Å². The number of nitrogens with two attached hydrogens (primary N) is 1. The Bertz CT molecular complexity index is 397. The van der Waals surface area contributed by atoms with Crippen molar-refractivity contribution >= 4 is 0 Å². The fraction of sp³-hybridized carbons (Fsp3) is 0.600. The van der Waals surface area contributed by atoms with Crippen LogP contribution in [0, 0.1) is 5.92 Å². The van der Waals surface area contributed by atoms with Crippen molar-refractivity contribution in [2.45, 2.75) is 18.9 Å². The molecule has 3 N–H and O–H groups in total. The minimum atomic E-state index is 0.208. The highest BCUT2D eigenvalue weighted by Crippen LogP contribution is 2.32. The average Bonchev–Trinajstić information content (AvgIpc) is 2.89. The number of hydrogen-bond donors (Lipinski definition) is 2. The van der Waals surface area contributed by atoms with Crippen molar-refractivity contribution in [1.82, 2.24) is 4.90 Å². The average molecular weight is 264 g/mol. The molecule has 0 aromatic heterocycles. The molecule has 1 aromatic rings. The smallest absolute Gasteiger partial charge is 0.123 e. The normalized spacial score (nSPS) is 21.5. The first-order valence-electron chi connectivity index (χ1n) is 6.98. The van der Waals surface area contributed by atoms with Crippen LogP contribution in [0.25, 0.3) is 0 Å². The Kier molecular flexibility index (Phi) is 5.19. The van der Waals surface area contributed by atoms with E-state index in [0.29, 0.717) is 12.5 Å². The van der Waals surface area contributed by atoms with Crippen molar-refractivity contribution in [2.75, 3.05) is 33.4 Å². The zero-order chi connectivity index (χ0) is 13.7. The van der Waals surface area contributed by atoms with Gasteiger partial charge < -0.3 is 15.6 Å². The Hall–Kier alpha value is -1.10. The van der Waals surface area contributed by atoms with E-state index in [9.17, 15) is 0 Å². The number of nitrogens with zero attached hydrogens (tertiary/aromatic N) is 1. The van der Waals surface area contributed by atoms with Crippen LogP contribution in [-0.2, 0) is 0 Å². The first-order chi connectivity index (χ1) is 9.30. The van der Waals surface area contributed by atoms with Gasteiger partial charge in [0.1, 0.15) is 5.75 Å². The molecule has 0 bridgehead atoms. The zero-order valence-electron chi connectivity index (χ0n) is 11.6. The lowest BCUT2D eigenvalue weighted by Crippen LogP contribution is -2.32. The molecule has 4 heteroatoms. The number of benzene rings is 1. The van der Waals surface area contributed by atoms with Gasteiger partial charge in [-0.05, 0) is 31.4 Å². The molecule has 19 heavy (non-hydrogen) atoms. The molecule has 0 spiro atoms. The van der Waals surface area contributed by atoms with Crippen molar-refractivity contribution < 1.29 is 9.84 Å². The maximum Gasteiger partial charge on any atom is 0.123 e. The molecule has 106 valence electrons. The number of para-hydroxylation sites is 1. The first kappa shape index (κ1) is 14.3. The first-order valence-corrected chi connectivity index (χ1v) is 6.98.